The first kappa shape index (κ1) is 12.6. The SMILES string of the molecule is CC(C)c1ccc([C@H](N)C2CCNCC2)cc1. The Morgan fingerprint density at radius 2 is 1.59 bits per heavy atom. The van der Waals surface area contributed by atoms with Crippen molar-refractivity contribution in [3.05, 3.63) is 35.4 Å². The van der Waals surface area contributed by atoms with E-state index in [0.29, 0.717) is 11.8 Å². The topological polar surface area (TPSA) is 38.0 Å². The molecular weight excluding hydrogens is 208 g/mol. The quantitative estimate of drug-likeness (QED) is 0.841. The number of nitrogens with two attached hydrogens (primary N) is 1. The summed E-state index contributed by atoms with van der Waals surface area (Å²) in [5.74, 6) is 1.24. The summed E-state index contributed by atoms with van der Waals surface area (Å²) in [6, 6.07) is 9.07. The van der Waals surface area contributed by atoms with Crippen molar-refractivity contribution >= 4 is 0 Å². The Balaban J connectivity index is 2.05. The largest absolute Gasteiger partial charge is 0.324 e. The second-order valence-electron chi connectivity index (χ2n) is 5.43. The van der Waals surface area contributed by atoms with Gasteiger partial charge in [0, 0.05) is 6.04 Å². The van der Waals surface area contributed by atoms with Gasteiger partial charge in [0.05, 0.1) is 0 Å². The van der Waals surface area contributed by atoms with Crippen molar-refractivity contribution in [2.24, 2.45) is 11.7 Å². The summed E-state index contributed by atoms with van der Waals surface area (Å²) in [4.78, 5) is 0. The maximum atomic E-state index is 6.37. The summed E-state index contributed by atoms with van der Waals surface area (Å²) in [7, 11) is 0. The van der Waals surface area contributed by atoms with Gasteiger partial charge in [0.1, 0.15) is 0 Å². The van der Waals surface area contributed by atoms with E-state index in [1.807, 2.05) is 0 Å². The first-order valence-corrected chi connectivity index (χ1v) is 6.74. The second-order valence-corrected chi connectivity index (χ2v) is 5.43. The van der Waals surface area contributed by atoms with Crippen molar-refractivity contribution in [2.75, 3.05) is 13.1 Å². The Morgan fingerprint density at radius 1 is 1.06 bits per heavy atom. The lowest BCUT2D eigenvalue weighted by molar-refractivity contribution is 0.322. The highest BCUT2D eigenvalue weighted by atomic mass is 14.9. The predicted octanol–water partition coefficient (Wildman–Crippen LogP) is 2.81. The molecule has 0 radical (unpaired) electrons. The number of nitrogens with one attached hydrogen (secondary N) is 1. The van der Waals surface area contributed by atoms with Gasteiger partial charge in [0.2, 0.25) is 0 Å². The molecule has 0 unspecified atom stereocenters. The molecule has 1 aliphatic heterocycles. The van der Waals surface area contributed by atoms with E-state index in [1.165, 1.54) is 24.0 Å². The summed E-state index contributed by atoms with van der Waals surface area (Å²) in [5.41, 5.74) is 9.06. The number of piperidine rings is 1. The van der Waals surface area contributed by atoms with Gasteiger partial charge in [-0.25, -0.2) is 0 Å². The molecule has 0 aliphatic carbocycles. The molecule has 2 rings (SSSR count). The average molecular weight is 232 g/mol. The fraction of sp³-hybridized carbons (Fsp3) is 0.600. The summed E-state index contributed by atoms with van der Waals surface area (Å²) in [6.07, 6.45) is 2.40. The first-order chi connectivity index (χ1) is 8.18. The third kappa shape index (κ3) is 3.08. The minimum atomic E-state index is 0.207. The van der Waals surface area contributed by atoms with Crippen molar-refractivity contribution < 1.29 is 0 Å². The third-order valence-corrected chi connectivity index (χ3v) is 3.88. The Morgan fingerprint density at radius 3 is 2.12 bits per heavy atom. The van der Waals surface area contributed by atoms with Crippen LogP contribution in [0, 0.1) is 5.92 Å². The maximum Gasteiger partial charge on any atom is 0.0324 e. The van der Waals surface area contributed by atoms with Crippen LogP contribution < -0.4 is 11.1 Å². The minimum absolute atomic E-state index is 0.207. The van der Waals surface area contributed by atoms with Gasteiger partial charge in [0.15, 0.2) is 0 Å². The summed E-state index contributed by atoms with van der Waals surface area (Å²) in [6.45, 7) is 6.67. The lowest BCUT2D eigenvalue weighted by Gasteiger charge is -2.28. The number of rotatable bonds is 3. The zero-order valence-electron chi connectivity index (χ0n) is 10.9. The zero-order chi connectivity index (χ0) is 12.3. The van der Waals surface area contributed by atoms with Crippen LogP contribution in [0.5, 0.6) is 0 Å². The zero-order valence-corrected chi connectivity index (χ0v) is 10.9. The molecule has 0 amide bonds. The van der Waals surface area contributed by atoms with E-state index >= 15 is 0 Å². The maximum absolute atomic E-state index is 6.37. The molecular formula is C15H24N2. The Kier molecular flexibility index (Phi) is 4.19. The van der Waals surface area contributed by atoms with Crippen molar-refractivity contribution in [3.8, 4) is 0 Å². The van der Waals surface area contributed by atoms with E-state index in [-0.39, 0.29) is 6.04 Å². The molecule has 3 N–H and O–H groups in total. The van der Waals surface area contributed by atoms with Gasteiger partial charge < -0.3 is 11.1 Å². The Bertz CT molecular complexity index is 336. The van der Waals surface area contributed by atoms with E-state index in [4.69, 9.17) is 5.73 Å². The molecule has 1 atom stereocenters. The van der Waals surface area contributed by atoms with Gasteiger partial charge in [-0.05, 0) is 48.9 Å². The van der Waals surface area contributed by atoms with E-state index in [1.54, 1.807) is 0 Å². The highest BCUT2D eigenvalue weighted by molar-refractivity contribution is 5.27. The molecule has 0 spiro atoms. The van der Waals surface area contributed by atoms with E-state index in [9.17, 15) is 0 Å². The average Bonchev–Trinajstić information content (AvgIpc) is 2.39. The Hall–Kier alpha value is -0.860. The second kappa shape index (κ2) is 5.65. The molecule has 1 aliphatic rings. The number of hydrogen-bond donors (Lipinski definition) is 2. The van der Waals surface area contributed by atoms with Crippen LogP contribution in [0.4, 0.5) is 0 Å². The molecule has 1 aromatic carbocycles. The van der Waals surface area contributed by atoms with Crippen molar-refractivity contribution in [1.82, 2.24) is 5.32 Å². The van der Waals surface area contributed by atoms with Gasteiger partial charge in [-0.15, -0.1) is 0 Å². The lowest BCUT2D eigenvalue weighted by Crippen LogP contribution is -2.33. The van der Waals surface area contributed by atoms with Crippen LogP contribution in [-0.4, -0.2) is 13.1 Å². The smallest absolute Gasteiger partial charge is 0.0324 e. The van der Waals surface area contributed by atoms with Crippen LogP contribution in [-0.2, 0) is 0 Å². The molecule has 1 saturated heterocycles. The first-order valence-electron chi connectivity index (χ1n) is 6.74. The molecule has 1 aromatic rings. The fourth-order valence-corrected chi connectivity index (χ4v) is 2.58. The molecule has 1 fully saturated rings. The van der Waals surface area contributed by atoms with E-state index in [0.717, 1.165) is 13.1 Å². The molecule has 94 valence electrons. The van der Waals surface area contributed by atoms with Gasteiger partial charge in [-0.3, -0.25) is 0 Å². The van der Waals surface area contributed by atoms with E-state index in [2.05, 4.69) is 43.4 Å². The van der Waals surface area contributed by atoms with Gasteiger partial charge in [-0.2, -0.15) is 0 Å². The molecule has 1 heterocycles. The molecule has 17 heavy (non-hydrogen) atoms. The number of hydrogen-bond acceptors (Lipinski definition) is 2. The van der Waals surface area contributed by atoms with Gasteiger partial charge in [0.25, 0.3) is 0 Å². The van der Waals surface area contributed by atoms with Crippen LogP contribution in [0.15, 0.2) is 24.3 Å². The molecule has 0 saturated carbocycles. The normalized spacial score (nSPS) is 19.5. The molecule has 2 nitrogen and oxygen atoms in total. The standard InChI is InChI=1S/C15H24N2/c1-11(2)12-3-5-13(6-4-12)15(16)14-7-9-17-10-8-14/h3-6,11,14-15,17H,7-10,16H2,1-2H3/t15-/m0/s1. The monoisotopic (exact) mass is 232 g/mol. The predicted molar refractivity (Wildman–Crippen MR) is 73.1 cm³/mol. The summed E-state index contributed by atoms with van der Waals surface area (Å²) >= 11 is 0. The molecule has 0 aromatic heterocycles. The lowest BCUT2D eigenvalue weighted by atomic mass is 9.86. The summed E-state index contributed by atoms with van der Waals surface area (Å²) < 4.78 is 0. The summed E-state index contributed by atoms with van der Waals surface area (Å²) in [5, 5.41) is 3.39. The van der Waals surface area contributed by atoms with Crippen LogP contribution in [0.3, 0.4) is 0 Å². The highest BCUT2D eigenvalue weighted by Gasteiger charge is 2.21. The highest BCUT2D eigenvalue weighted by Crippen LogP contribution is 2.27. The van der Waals surface area contributed by atoms with Crippen molar-refractivity contribution in [1.29, 1.82) is 0 Å². The molecule has 2 heteroatoms. The fourth-order valence-electron chi connectivity index (χ4n) is 2.58. The van der Waals surface area contributed by atoms with Crippen LogP contribution in [0.25, 0.3) is 0 Å². The minimum Gasteiger partial charge on any atom is -0.324 e. The van der Waals surface area contributed by atoms with Crippen LogP contribution in [0.2, 0.25) is 0 Å². The van der Waals surface area contributed by atoms with Crippen molar-refractivity contribution in [3.63, 3.8) is 0 Å². The van der Waals surface area contributed by atoms with Gasteiger partial charge >= 0.3 is 0 Å². The third-order valence-electron chi connectivity index (χ3n) is 3.88. The van der Waals surface area contributed by atoms with Gasteiger partial charge in [-0.1, -0.05) is 38.1 Å². The Labute approximate surface area is 105 Å². The number of benzene rings is 1. The van der Waals surface area contributed by atoms with Crippen LogP contribution >= 0.6 is 0 Å². The molecule has 0 bridgehead atoms. The van der Waals surface area contributed by atoms with E-state index < -0.39 is 0 Å². The van der Waals surface area contributed by atoms with Crippen LogP contribution in [0.1, 0.15) is 49.8 Å². The van der Waals surface area contributed by atoms with Crippen molar-refractivity contribution in [2.45, 2.75) is 38.6 Å².